The topological polar surface area (TPSA) is 82.0 Å². The highest BCUT2D eigenvalue weighted by Crippen LogP contribution is 2.39. The molecule has 0 saturated carbocycles. The maximum absolute atomic E-state index is 11.0. The van der Waals surface area contributed by atoms with Crippen molar-refractivity contribution >= 4 is 46.3 Å². The lowest BCUT2D eigenvalue weighted by Crippen LogP contribution is -2.11. The van der Waals surface area contributed by atoms with Crippen LogP contribution in [0, 0.1) is 10.7 Å². The average Bonchev–Trinajstić information content (AvgIpc) is 2.49. The highest BCUT2D eigenvalue weighted by atomic mass is 32.2. The van der Waals surface area contributed by atoms with E-state index in [2.05, 4.69) is 10.6 Å². The van der Waals surface area contributed by atoms with Crippen LogP contribution in [0.4, 0.5) is 11.4 Å². The van der Waals surface area contributed by atoms with Crippen LogP contribution in [-0.4, -0.2) is 11.8 Å². The number of nitrogens with one attached hydrogen (secondary N) is 2. The number of thiocyanates is 1. The molecular weight excluding hydrogens is 246 g/mol. The van der Waals surface area contributed by atoms with E-state index in [-0.39, 0.29) is 11.8 Å². The average molecular weight is 255 g/mol. The lowest BCUT2D eigenvalue weighted by atomic mass is 10.4. The first-order chi connectivity index (χ1) is 7.54. The first-order valence-corrected chi connectivity index (χ1v) is 5.96. The summed E-state index contributed by atoms with van der Waals surface area (Å²) in [6.45, 7) is 2.75. The third-order valence-electron chi connectivity index (χ3n) is 1.51. The number of carbonyl (C=O) groups is 2. The van der Waals surface area contributed by atoms with Gasteiger partial charge in [-0.15, -0.1) is 11.3 Å². The number of hydrogen-bond donors (Lipinski definition) is 2. The molecule has 1 aromatic rings. The Morgan fingerprint density at radius 3 is 2.50 bits per heavy atom. The Kier molecular flexibility index (Phi) is 4.34. The molecule has 0 aliphatic rings. The Morgan fingerprint density at radius 1 is 1.38 bits per heavy atom. The van der Waals surface area contributed by atoms with Crippen LogP contribution in [0.3, 0.4) is 0 Å². The van der Waals surface area contributed by atoms with E-state index in [0.717, 1.165) is 11.8 Å². The summed E-state index contributed by atoms with van der Waals surface area (Å²) in [6, 6.07) is 0. The van der Waals surface area contributed by atoms with Gasteiger partial charge in [-0.05, 0) is 0 Å². The molecule has 0 atom stereocenters. The predicted molar refractivity (Wildman–Crippen MR) is 64.4 cm³/mol. The number of amides is 2. The van der Waals surface area contributed by atoms with E-state index in [1.54, 1.807) is 5.38 Å². The van der Waals surface area contributed by atoms with E-state index in [0.29, 0.717) is 15.6 Å². The Hall–Kier alpha value is -1.52. The zero-order valence-corrected chi connectivity index (χ0v) is 10.3. The van der Waals surface area contributed by atoms with Crippen molar-refractivity contribution in [2.45, 2.75) is 18.1 Å². The van der Waals surface area contributed by atoms with Crippen LogP contribution >= 0.6 is 23.1 Å². The molecule has 5 nitrogen and oxygen atoms in total. The van der Waals surface area contributed by atoms with Gasteiger partial charge in [0.2, 0.25) is 11.8 Å². The maximum Gasteiger partial charge on any atom is 0.221 e. The second-order valence-electron chi connectivity index (χ2n) is 2.87. The highest BCUT2D eigenvalue weighted by molar-refractivity contribution is 8.05. The molecule has 2 amide bonds. The zero-order chi connectivity index (χ0) is 12.1. The van der Waals surface area contributed by atoms with Crippen molar-refractivity contribution in [2.24, 2.45) is 0 Å². The van der Waals surface area contributed by atoms with Gasteiger partial charge in [-0.2, -0.15) is 5.26 Å². The second-order valence-corrected chi connectivity index (χ2v) is 4.80. The fraction of sp³-hybridized carbons (Fsp3) is 0.222. The summed E-state index contributed by atoms with van der Waals surface area (Å²) >= 11 is 2.25. The fourth-order valence-corrected chi connectivity index (χ4v) is 2.51. The molecule has 0 aliphatic carbocycles. The number of anilines is 2. The molecule has 0 radical (unpaired) electrons. The molecule has 16 heavy (non-hydrogen) atoms. The molecule has 0 fully saturated rings. The number of thioether (sulfide) groups is 1. The Bertz CT molecular complexity index is 462. The Balaban J connectivity index is 3.04. The van der Waals surface area contributed by atoms with Gasteiger partial charge in [0, 0.05) is 31.0 Å². The highest BCUT2D eigenvalue weighted by Gasteiger charge is 2.14. The van der Waals surface area contributed by atoms with Crippen molar-refractivity contribution in [3.05, 3.63) is 5.38 Å². The first-order valence-electron chi connectivity index (χ1n) is 4.27. The third kappa shape index (κ3) is 3.25. The Morgan fingerprint density at radius 2 is 2.00 bits per heavy atom. The van der Waals surface area contributed by atoms with Gasteiger partial charge in [0.1, 0.15) is 9.61 Å². The van der Waals surface area contributed by atoms with E-state index in [1.165, 1.54) is 25.2 Å². The summed E-state index contributed by atoms with van der Waals surface area (Å²) < 4.78 is 0.654. The van der Waals surface area contributed by atoms with Gasteiger partial charge in [0.25, 0.3) is 0 Å². The van der Waals surface area contributed by atoms with Crippen molar-refractivity contribution in [2.75, 3.05) is 10.6 Å². The van der Waals surface area contributed by atoms with Crippen molar-refractivity contribution in [3.63, 3.8) is 0 Å². The van der Waals surface area contributed by atoms with Crippen LogP contribution in [0.15, 0.2) is 9.59 Å². The summed E-state index contributed by atoms with van der Waals surface area (Å²) in [5, 5.41) is 17.4. The summed E-state index contributed by atoms with van der Waals surface area (Å²) in [6.07, 6.45) is 0. The lowest BCUT2D eigenvalue weighted by molar-refractivity contribution is -0.115. The van der Waals surface area contributed by atoms with Crippen molar-refractivity contribution in [1.29, 1.82) is 5.26 Å². The third-order valence-corrected chi connectivity index (χ3v) is 3.30. The smallest absolute Gasteiger partial charge is 0.221 e. The molecular formula is C9H9N3O2S2. The summed E-state index contributed by atoms with van der Waals surface area (Å²) in [5.74, 6) is -0.470. The quantitative estimate of drug-likeness (QED) is 0.641. The van der Waals surface area contributed by atoms with Crippen LogP contribution in [0.1, 0.15) is 13.8 Å². The van der Waals surface area contributed by atoms with Crippen LogP contribution in [0.5, 0.6) is 0 Å². The monoisotopic (exact) mass is 255 g/mol. The molecule has 1 heterocycles. The number of thiophene rings is 1. The van der Waals surface area contributed by atoms with E-state index < -0.39 is 0 Å². The molecule has 0 aromatic carbocycles. The van der Waals surface area contributed by atoms with Crippen molar-refractivity contribution in [1.82, 2.24) is 0 Å². The molecule has 2 N–H and O–H groups in total. The fourth-order valence-electron chi connectivity index (χ4n) is 1.03. The minimum absolute atomic E-state index is 0.224. The van der Waals surface area contributed by atoms with Gasteiger partial charge in [-0.25, -0.2) is 0 Å². The largest absolute Gasteiger partial charge is 0.324 e. The molecule has 84 valence electrons. The van der Waals surface area contributed by atoms with E-state index in [4.69, 9.17) is 5.26 Å². The molecule has 0 saturated heterocycles. The summed E-state index contributed by atoms with van der Waals surface area (Å²) in [4.78, 5) is 21.9. The number of nitrogens with zero attached hydrogens (tertiary/aromatic N) is 1. The minimum atomic E-state index is -0.246. The van der Waals surface area contributed by atoms with Gasteiger partial charge in [0.15, 0.2) is 0 Å². The van der Waals surface area contributed by atoms with Crippen molar-refractivity contribution < 1.29 is 9.59 Å². The molecule has 1 rings (SSSR count). The van der Waals surface area contributed by atoms with Crippen LogP contribution < -0.4 is 10.6 Å². The lowest BCUT2D eigenvalue weighted by Gasteiger charge is -2.06. The normalized spacial score (nSPS) is 9.31. The van der Waals surface area contributed by atoms with Gasteiger partial charge < -0.3 is 10.6 Å². The molecule has 0 aliphatic heterocycles. The molecule has 0 spiro atoms. The van der Waals surface area contributed by atoms with Gasteiger partial charge in [0.05, 0.1) is 11.4 Å². The number of rotatable bonds is 3. The second kappa shape index (κ2) is 5.53. The van der Waals surface area contributed by atoms with E-state index in [9.17, 15) is 9.59 Å². The number of carbonyl (C=O) groups excluding carboxylic acids is 2. The zero-order valence-electron chi connectivity index (χ0n) is 8.66. The maximum atomic E-state index is 11.0. The molecule has 0 unspecified atom stereocenters. The standard InChI is InChI=1S/C9H9N3O2S2/c1-5(13)11-7-3-15-9(16-4-10)8(7)12-6(2)14/h3H,1-2H3,(H,11,13)(H,12,14). The summed E-state index contributed by atoms with van der Waals surface area (Å²) in [5.41, 5.74) is 1.00. The minimum Gasteiger partial charge on any atom is -0.324 e. The van der Waals surface area contributed by atoms with Crippen molar-refractivity contribution in [3.8, 4) is 5.40 Å². The number of hydrogen-bond acceptors (Lipinski definition) is 5. The van der Waals surface area contributed by atoms with E-state index in [1.807, 2.05) is 5.40 Å². The molecule has 1 aromatic heterocycles. The van der Waals surface area contributed by atoms with Crippen LogP contribution in [0.25, 0.3) is 0 Å². The summed E-state index contributed by atoms with van der Waals surface area (Å²) in [7, 11) is 0. The number of nitriles is 1. The van der Waals surface area contributed by atoms with Gasteiger partial charge in [-0.1, -0.05) is 0 Å². The van der Waals surface area contributed by atoms with E-state index >= 15 is 0 Å². The Labute approximate surface area is 101 Å². The van der Waals surface area contributed by atoms with Crippen LogP contribution in [0.2, 0.25) is 0 Å². The molecule has 0 bridgehead atoms. The molecule has 7 heteroatoms. The SMILES string of the molecule is CC(=O)Nc1csc(SC#N)c1NC(C)=O. The van der Waals surface area contributed by atoms with Gasteiger partial charge >= 0.3 is 0 Å². The van der Waals surface area contributed by atoms with Gasteiger partial charge in [-0.3, -0.25) is 9.59 Å². The first kappa shape index (κ1) is 12.5. The predicted octanol–water partition coefficient (Wildman–Crippen LogP) is 2.24. The van der Waals surface area contributed by atoms with Crippen LogP contribution in [-0.2, 0) is 9.59 Å².